The van der Waals surface area contributed by atoms with Crippen molar-refractivity contribution in [2.75, 3.05) is 24.0 Å². The number of anilines is 2. The molecule has 0 fully saturated rings. The number of carbonyl (C=O) groups excluding carboxylic acids is 2. The first kappa shape index (κ1) is 21.6. The summed E-state index contributed by atoms with van der Waals surface area (Å²) < 4.78 is 22.4. The van der Waals surface area contributed by atoms with Crippen molar-refractivity contribution in [1.29, 1.82) is 0 Å². The third-order valence-electron chi connectivity index (χ3n) is 5.49. The first-order valence-corrected chi connectivity index (χ1v) is 10.9. The second kappa shape index (κ2) is 8.62. The molecular formula is C26H24N2O6. The monoisotopic (exact) mass is 460 g/mol. The van der Waals surface area contributed by atoms with Gasteiger partial charge in [-0.1, -0.05) is 24.3 Å². The molecule has 5 rings (SSSR count). The van der Waals surface area contributed by atoms with E-state index in [9.17, 15) is 9.59 Å². The number of hydrogen-bond donors (Lipinski definition) is 2. The van der Waals surface area contributed by atoms with Crippen LogP contribution in [0.5, 0.6) is 23.0 Å². The summed E-state index contributed by atoms with van der Waals surface area (Å²) in [6.07, 6.45) is 0.775. The highest BCUT2D eigenvalue weighted by atomic mass is 16.7. The molecule has 8 heteroatoms. The van der Waals surface area contributed by atoms with Gasteiger partial charge >= 0.3 is 0 Å². The van der Waals surface area contributed by atoms with Crippen LogP contribution in [0, 0.1) is 0 Å². The Balaban J connectivity index is 1.24. The maximum atomic E-state index is 12.9. The Labute approximate surface area is 196 Å². The molecule has 2 heterocycles. The van der Waals surface area contributed by atoms with Crippen molar-refractivity contribution in [3.05, 3.63) is 71.8 Å². The average Bonchev–Trinajstić information content (AvgIpc) is 3.40. The van der Waals surface area contributed by atoms with Crippen LogP contribution in [0.15, 0.2) is 60.7 Å². The molecule has 0 atom stereocenters. The molecule has 0 saturated heterocycles. The number of nitrogens with one attached hydrogen (secondary N) is 2. The van der Waals surface area contributed by atoms with Crippen molar-refractivity contribution in [3.8, 4) is 23.0 Å². The minimum atomic E-state index is -0.391. The highest BCUT2D eigenvalue weighted by Gasteiger charge is 2.32. The van der Waals surface area contributed by atoms with Gasteiger partial charge < -0.3 is 29.6 Å². The van der Waals surface area contributed by atoms with E-state index in [0.29, 0.717) is 39.9 Å². The summed E-state index contributed by atoms with van der Waals surface area (Å²) in [7, 11) is 0. The molecule has 3 aromatic rings. The van der Waals surface area contributed by atoms with Crippen LogP contribution >= 0.6 is 0 Å². The largest absolute Gasteiger partial charge is 0.483 e. The van der Waals surface area contributed by atoms with E-state index in [4.69, 9.17) is 18.9 Å². The molecular weight excluding hydrogens is 436 g/mol. The van der Waals surface area contributed by atoms with Crippen molar-refractivity contribution >= 4 is 23.2 Å². The van der Waals surface area contributed by atoms with Gasteiger partial charge in [-0.05, 0) is 44.2 Å². The first-order chi connectivity index (χ1) is 16.4. The topological polar surface area (TPSA) is 95.1 Å². The Bertz CT molecular complexity index is 1270. The second-order valence-electron chi connectivity index (χ2n) is 8.69. The lowest BCUT2D eigenvalue weighted by Gasteiger charge is -2.18. The quantitative estimate of drug-likeness (QED) is 0.566. The average molecular weight is 460 g/mol. The molecule has 0 spiro atoms. The molecule has 3 aromatic carbocycles. The molecule has 174 valence electrons. The normalized spacial score (nSPS) is 14.6. The minimum absolute atomic E-state index is 0.152. The van der Waals surface area contributed by atoms with Crippen LogP contribution in [0.4, 0.5) is 11.4 Å². The third kappa shape index (κ3) is 4.47. The van der Waals surface area contributed by atoms with Crippen LogP contribution in [0.1, 0.15) is 29.8 Å². The SMILES string of the molecule is CC1(C)Cc2cccc(OCC(=O)Nc3ccccc3C(=O)Nc3ccc4c(c3)OCO4)c2O1. The molecule has 0 aliphatic carbocycles. The van der Waals surface area contributed by atoms with Gasteiger partial charge in [-0.25, -0.2) is 0 Å². The molecule has 0 radical (unpaired) electrons. The molecule has 8 nitrogen and oxygen atoms in total. The number of para-hydroxylation sites is 2. The standard InChI is InChI=1S/C26H24N2O6/c1-26(2)13-16-6-5-9-21(24(16)34-26)31-14-23(29)28-19-8-4-3-7-18(19)25(30)27-17-10-11-20-22(12-17)33-15-32-20/h3-12H,13-15H2,1-2H3,(H,27,30)(H,28,29). The number of benzene rings is 3. The number of amides is 2. The predicted molar refractivity (Wildman–Crippen MR) is 126 cm³/mol. The zero-order valence-electron chi connectivity index (χ0n) is 18.8. The summed E-state index contributed by atoms with van der Waals surface area (Å²) in [5.74, 6) is 1.63. The van der Waals surface area contributed by atoms with Crippen molar-refractivity contribution in [2.45, 2.75) is 25.9 Å². The van der Waals surface area contributed by atoms with Crippen LogP contribution in [-0.2, 0) is 11.2 Å². The van der Waals surface area contributed by atoms with Gasteiger partial charge in [-0.3, -0.25) is 9.59 Å². The van der Waals surface area contributed by atoms with Crippen LogP contribution in [0.2, 0.25) is 0 Å². The van der Waals surface area contributed by atoms with Crippen molar-refractivity contribution in [1.82, 2.24) is 0 Å². The molecule has 0 bridgehead atoms. The zero-order valence-corrected chi connectivity index (χ0v) is 18.8. The van der Waals surface area contributed by atoms with Crippen molar-refractivity contribution in [3.63, 3.8) is 0 Å². The lowest BCUT2D eigenvalue weighted by atomic mass is 10.0. The van der Waals surface area contributed by atoms with Crippen LogP contribution in [-0.4, -0.2) is 30.8 Å². The van der Waals surface area contributed by atoms with Gasteiger partial charge in [0.25, 0.3) is 11.8 Å². The van der Waals surface area contributed by atoms with E-state index in [1.807, 2.05) is 26.0 Å². The summed E-state index contributed by atoms with van der Waals surface area (Å²) >= 11 is 0. The van der Waals surface area contributed by atoms with Crippen molar-refractivity contribution in [2.24, 2.45) is 0 Å². The number of rotatable bonds is 6. The molecule has 2 amide bonds. The van der Waals surface area contributed by atoms with Gasteiger partial charge in [0.2, 0.25) is 6.79 Å². The van der Waals surface area contributed by atoms with Gasteiger partial charge in [0.05, 0.1) is 11.3 Å². The molecule has 0 aromatic heterocycles. The Kier molecular flexibility index (Phi) is 5.49. The fourth-order valence-electron chi connectivity index (χ4n) is 3.99. The van der Waals surface area contributed by atoms with Crippen molar-refractivity contribution < 1.29 is 28.5 Å². The lowest BCUT2D eigenvalue weighted by molar-refractivity contribution is -0.118. The third-order valence-corrected chi connectivity index (χ3v) is 5.49. The molecule has 0 unspecified atom stereocenters. The number of ether oxygens (including phenoxy) is 4. The van der Waals surface area contributed by atoms with Gasteiger partial charge in [0.1, 0.15) is 5.60 Å². The van der Waals surface area contributed by atoms with Crippen LogP contribution in [0.25, 0.3) is 0 Å². The lowest BCUT2D eigenvalue weighted by Crippen LogP contribution is -2.25. The maximum Gasteiger partial charge on any atom is 0.262 e. The molecule has 0 saturated carbocycles. The molecule has 2 N–H and O–H groups in total. The van der Waals surface area contributed by atoms with E-state index in [1.165, 1.54) is 0 Å². The molecule has 2 aliphatic heterocycles. The van der Waals surface area contributed by atoms with Crippen LogP contribution < -0.4 is 29.6 Å². The summed E-state index contributed by atoms with van der Waals surface area (Å²) in [5, 5.41) is 5.58. The van der Waals surface area contributed by atoms with Gasteiger partial charge in [-0.15, -0.1) is 0 Å². The summed E-state index contributed by atoms with van der Waals surface area (Å²) in [5.41, 5.74) is 1.99. The van der Waals surface area contributed by atoms with Gasteiger partial charge in [0.15, 0.2) is 29.6 Å². The Hall–Kier alpha value is -4.20. The number of carbonyl (C=O) groups is 2. The highest BCUT2D eigenvalue weighted by Crippen LogP contribution is 2.41. The van der Waals surface area contributed by atoms with E-state index >= 15 is 0 Å². The number of fused-ring (bicyclic) bond motifs is 2. The Morgan fingerprint density at radius 2 is 1.79 bits per heavy atom. The predicted octanol–water partition coefficient (Wildman–Crippen LogP) is 4.40. The van der Waals surface area contributed by atoms with Gasteiger partial charge in [-0.2, -0.15) is 0 Å². The molecule has 2 aliphatic rings. The van der Waals surface area contributed by atoms with E-state index in [1.54, 1.807) is 48.5 Å². The second-order valence-corrected chi connectivity index (χ2v) is 8.69. The summed E-state index contributed by atoms with van der Waals surface area (Å²) in [6.45, 7) is 3.95. The van der Waals surface area contributed by atoms with E-state index in [0.717, 1.165) is 12.0 Å². The Morgan fingerprint density at radius 1 is 0.971 bits per heavy atom. The maximum absolute atomic E-state index is 12.9. The fourth-order valence-corrected chi connectivity index (χ4v) is 3.99. The summed E-state index contributed by atoms with van der Waals surface area (Å²) in [6, 6.07) is 17.6. The number of hydrogen-bond acceptors (Lipinski definition) is 6. The zero-order chi connectivity index (χ0) is 23.7. The first-order valence-electron chi connectivity index (χ1n) is 10.9. The Morgan fingerprint density at radius 3 is 2.68 bits per heavy atom. The smallest absolute Gasteiger partial charge is 0.262 e. The van der Waals surface area contributed by atoms with E-state index < -0.39 is 5.91 Å². The van der Waals surface area contributed by atoms with E-state index in [2.05, 4.69) is 10.6 Å². The fraction of sp³-hybridized carbons (Fsp3) is 0.231. The van der Waals surface area contributed by atoms with Crippen LogP contribution in [0.3, 0.4) is 0 Å². The van der Waals surface area contributed by atoms with E-state index in [-0.39, 0.29) is 24.9 Å². The summed E-state index contributed by atoms with van der Waals surface area (Å²) in [4.78, 5) is 25.5. The van der Waals surface area contributed by atoms with Gasteiger partial charge in [0, 0.05) is 23.7 Å². The minimum Gasteiger partial charge on any atom is -0.483 e. The molecule has 34 heavy (non-hydrogen) atoms. The highest BCUT2D eigenvalue weighted by molar-refractivity contribution is 6.10.